The standard InChI is InChI=1S/C24H31ClN6O/c1-16(2)3-8-20(17-4-6-18(25)7-5-17)30-23(32)24(26)10-13-31(14-11-24)22-19-9-12-27-21(19)28-15-29-22/h4-7,9,12,15-16,20H,3,8,10-11,13-14,26H2,1-2H3,(H,30,32)(H,27,28,29)/t20-/m1/s1. The van der Waals surface area contributed by atoms with Crippen molar-refractivity contribution in [3.05, 3.63) is 53.4 Å². The van der Waals surface area contributed by atoms with Crippen LogP contribution in [0.5, 0.6) is 0 Å². The minimum absolute atomic E-state index is 0.0815. The van der Waals surface area contributed by atoms with Gasteiger partial charge in [0.15, 0.2) is 0 Å². The molecule has 2 aromatic heterocycles. The summed E-state index contributed by atoms with van der Waals surface area (Å²) in [5.41, 5.74) is 7.61. The third kappa shape index (κ3) is 4.89. The first kappa shape index (κ1) is 22.6. The lowest BCUT2D eigenvalue weighted by Crippen LogP contribution is -2.60. The van der Waals surface area contributed by atoms with Gasteiger partial charge in [-0.25, -0.2) is 9.97 Å². The van der Waals surface area contributed by atoms with Crippen LogP contribution in [0.3, 0.4) is 0 Å². The van der Waals surface area contributed by atoms with Crippen molar-refractivity contribution < 1.29 is 4.79 Å². The first-order valence-electron chi connectivity index (χ1n) is 11.2. The number of amides is 1. The van der Waals surface area contributed by atoms with Crippen molar-refractivity contribution in [1.29, 1.82) is 0 Å². The van der Waals surface area contributed by atoms with Crippen LogP contribution in [-0.4, -0.2) is 39.5 Å². The SMILES string of the molecule is CC(C)CC[C@@H](NC(=O)C1(N)CCN(c2ncnc3[nH]ccc23)CC1)c1ccc(Cl)cc1. The maximum Gasteiger partial charge on any atom is 0.240 e. The fraction of sp³-hybridized carbons (Fsp3) is 0.458. The van der Waals surface area contributed by atoms with E-state index in [1.165, 1.54) is 0 Å². The van der Waals surface area contributed by atoms with Crippen LogP contribution in [-0.2, 0) is 4.79 Å². The van der Waals surface area contributed by atoms with Crippen LogP contribution in [0.25, 0.3) is 11.0 Å². The Morgan fingerprint density at radius 1 is 1.19 bits per heavy atom. The van der Waals surface area contributed by atoms with E-state index >= 15 is 0 Å². The number of halogens is 1. The van der Waals surface area contributed by atoms with Gasteiger partial charge in [-0.2, -0.15) is 0 Å². The van der Waals surface area contributed by atoms with Crippen LogP contribution < -0.4 is 16.0 Å². The molecule has 0 radical (unpaired) electrons. The van der Waals surface area contributed by atoms with Crippen LogP contribution >= 0.6 is 11.6 Å². The molecular weight excluding hydrogens is 424 g/mol. The number of nitrogens with two attached hydrogens (primary N) is 1. The molecule has 0 saturated carbocycles. The van der Waals surface area contributed by atoms with Crippen LogP contribution in [0.2, 0.25) is 5.02 Å². The van der Waals surface area contributed by atoms with E-state index in [1.54, 1.807) is 6.33 Å². The molecule has 1 amide bonds. The predicted octanol–water partition coefficient (Wildman–Crippen LogP) is 4.20. The summed E-state index contributed by atoms with van der Waals surface area (Å²) in [5, 5.41) is 4.91. The molecule has 0 aliphatic carbocycles. The molecule has 1 saturated heterocycles. The van der Waals surface area contributed by atoms with E-state index in [-0.39, 0.29) is 11.9 Å². The number of hydrogen-bond acceptors (Lipinski definition) is 5. The van der Waals surface area contributed by atoms with Crippen molar-refractivity contribution in [2.45, 2.75) is 51.1 Å². The second-order valence-corrected chi connectivity index (χ2v) is 9.57. The van der Waals surface area contributed by atoms with Gasteiger partial charge >= 0.3 is 0 Å². The van der Waals surface area contributed by atoms with Gasteiger partial charge in [0, 0.05) is 24.3 Å². The molecule has 3 aromatic rings. The number of carbonyl (C=O) groups excluding carboxylic acids is 1. The van der Waals surface area contributed by atoms with Crippen LogP contribution in [0.4, 0.5) is 5.82 Å². The highest BCUT2D eigenvalue weighted by atomic mass is 35.5. The van der Waals surface area contributed by atoms with Crippen molar-refractivity contribution >= 4 is 34.4 Å². The van der Waals surface area contributed by atoms with Crippen molar-refractivity contribution in [3.8, 4) is 0 Å². The number of fused-ring (bicyclic) bond motifs is 1. The molecule has 1 fully saturated rings. The van der Waals surface area contributed by atoms with Gasteiger partial charge in [-0.15, -0.1) is 0 Å². The number of nitrogens with one attached hydrogen (secondary N) is 2. The van der Waals surface area contributed by atoms with Gasteiger partial charge < -0.3 is 20.9 Å². The molecule has 0 unspecified atom stereocenters. The molecule has 8 heteroatoms. The van der Waals surface area contributed by atoms with E-state index in [0.29, 0.717) is 36.9 Å². The van der Waals surface area contributed by atoms with Gasteiger partial charge in [0.25, 0.3) is 0 Å². The number of anilines is 1. The Morgan fingerprint density at radius 2 is 1.91 bits per heavy atom. The van der Waals surface area contributed by atoms with Gasteiger partial charge in [0.1, 0.15) is 17.8 Å². The van der Waals surface area contributed by atoms with E-state index in [0.717, 1.165) is 35.3 Å². The quantitative estimate of drug-likeness (QED) is 0.496. The molecule has 4 rings (SSSR count). The predicted molar refractivity (Wildman–Crippen MR) is 129 cm³/mol. The van der Waals surface area contributed by atoms with E-state index in [1.807, 2.05) is 36.5 Å². The number of rotatable bonds is 7. The lowest BCUT2D eigenvalue weighted by atomic mass is 9.86. The third-order valence-corrected chi connectivity index (χ3v) is 6.60. The Morgan fingerprint density at radius 3 is 2.59 bits per heavy atom. The van der Waals surface area contributed by atoms with E-state index in [4.69, 9.17) is 17.3 Å². The highest BCUT2D eigenvalue weighted by molar-refractivity contribution is 6.30. The number of benzene rings is 1. The summed E-state index contributed by atoms with van der Waals surface area (Å²) in [6.45, 7) is 5.71. The van der Waals surface area contributed by atoms with Gasteiger partial charge in [-0.1, -0.05) is 37.6 Å². The monoisotopic (exact) mass is 454 g/mol. The highest BCUT2D eigenvalue weighted by Crippen LogP contribution is 2.29. The van der Waals surface area contributed by atoms with Crippen LogP contribution in [0.15, 0.2) is 42.9 Å². The fourth-order valence-electron chi connectivity index (χ4n) is 4.27. The molecule has 170 valence electrons. The van der Waals surface area contributed by atoms with E-state index in [2.05, 4.69) is 39.0 Å². The Hall–Kier alpha value is -2.64. The second-order valence-electron chi connectivity index (χ2n) is 9.13. The molecular formula is C24H31ClN6O. The maximum atomic E-state index is 13.3. The number of aromatic amines is 1. The number of carbonyl (C=O) groups is 1. The summed E-state index contributed by atoms with van der Waals surface area (Å²) in [6, 6.07) is 9.60. The zero-order valence-corrected chi connectivity index (χ0v) is 19.4. The summed E-state index contributed by atoms with van der Waals surface area (Å²) in [5.74, 6) is 1.35. The van der Waals surface area contributed by atoms with Crippen molar-refractivity contribution in [2.24, 2.45) is 11.7 Å². The molecule has 1 aliphatic heterocycles. The molecule has 1 aliphatic rings. The smallest absolute Gasteiger partial charge is 0.240 e. The largest absolute Gasteiger partial charge is 0.356 e. The molecule has 1 atom stereocenters. The van der Waals surface area contributed by atoms with Gasteiger partial charge in [0.05, 0.1) is 17.0 Å². The van der Waals surface area contributed by atoms with Crippen molar-refractivity contribution in [2.75, 3.05) is 18.0 Å². The Labute approximate surface area is 193 Å². The number of piperidine rings is 1. The zero-order valence-electron chi connectivity index (χ0n) is 18.6. The zero-order chi connectivity index (χ0) is 22.7. The first-order valence-corrected chi connectivity index (χ1v) is 11.6. The van der Waals surface area contributed by atoms with Gasteiger partial charge in [-0.05, 0) is 55.4 Å². The molecule has 3 heterocycles. The summed E-state index contributed by atoms with van der Waals surface area (Å²) in [6.07, 6.45) is 6.43. The van der Waals surface area contributed by atoms with Crippen LogP contribution in [0, 0.1) is 5.92 Å². The van der Waals surface area contributed by atoms with Crippen molar-refractivity contribution in [1.82, 2.24) is 20.3 Å². The topological polar surface area (TPSA) is 99.9 Å². The normalized spacial score (nSPS) is 17.0. The summed E-state index contributed by atoms with van der Waals surface area (Å²) in [4.78, 5) is 27.4. The lowest BCUT2D eigenvalue weighted by molar-refractivity contribution is -0.128. The highest BCUT2D eigenvalue weighted by Gasteiger charge is 2.39. The Balaban J connectivity index is 1.44. The first-order chi connectivity index (χ1) is 15.4. The average Bonchev–Trinajstić information content (AvgIpc) is 3.27. The molecule has 1 aromatic carbocycles. The number of hydrogen-bond donors (Lipinski definition) is 3. The molecule has 7 nitrogen and oxygen atoms in total. The lowest BCUT2D eigenvalue weighted by Gasteiger charge is -2.39. The van der Waals surface area contributed by atoms with Crippen LogP contribution in [0.1, 0.15) is 51.1 Å². The maximum absolute atomic E-state index is 13.3. The molecule has 0 spiro atoms. The number of H-pyrrole nitrogens is 1. The minimum Gasteiger partial charge on any atom is -0.356 e. The summed E-state index contributed by atoms with van der Waals surface area (Å²) in [7, 11) is 0. The average molecular weight is 455 g/mol. The van der Waals surface area contributed by atoms with Crippen molar-refractivity contribution in [3.63, 3.8) is 0 Å². The molecule has 0 bridgehead atoms. The summed E-state index contributed by atoms with van der Waals surface area (Å²) < 4.78 is 0. The van der Waals surface area contributed by atoms with E-state index in [9.17, 15) is 4.79 Å². The fourth-order valence-corrected chi connectivity index (χ4v) is 4.40. The van der Waals surface area contributed by atoms with E-state index < -0.39 is 5.54 Å². The Kier molecular flexibility index (Phi) is 6.67. The third-order valence-electron chi connectivity index (χ3n) is 6.35. The number of aromatic nitrogens is 3. The second kappa shape index (κ2) is 9.46. The molecule has 4 N–H and O–H groups in total. The molecule has 32 heavy (non-hydrogen) atoms. The minimum atomic E-state index is -0.900. The Bertz CT molecular complexity index is 1060. The summed E-state index contributed by atoms with van der Waals surface area (Å²) >= 11 is 6.06. The number of nitrogens with zero attached hydrogens (tertiary/aromatic N) is 3. The van der Waals surface area contributed by atoms with Gasteiger partial charge in [0.2, 0.25) is 5.91 Å². The van der Waals surface area contributed by atoms with Gasteiger partial charge in [-0.3, -0.25) is 4.79 Å².